The molecular weight excluding hydrogens is 599 g/mol. The Morgan fingerprint density at radius 2 is 1.10 bits per heavy atom. The highest BCUT2D eigenvalue weighted by Gasteiger charge is 2.21. The number of nitrogens with zero attached hydrogens (tertiary/aromatic N) is 3. The number of fused-ring (bicyclic) bond motifs is 12. The molecule has 0 amide bonds. The normalized spacial score (nSPS) is 12.1. The van der Waals surface area contributed by atoms with Gasteiger partial charge in [0.15, 0.2) is 0 Å². The number of aromatic nitrogens is 3. The molecule has 4 heteroatoms. The summed E-state index contributed by atoms with van der Waals surface area (Å²) in [5, 5.41) is 9.47. The van der Waals surface area contributed by atoms with E-state index >= 15 is 0 Å². The Morgan fingerprint density at radius 1 is 0.429 bits per heavy atom. The van der Waals surface area contributed by atoms with Crippen LogP contribution in [0.1, 0.15) is 0 Å². The molecule has 3 aromatic heterocycles. The molecule has 8 aromatic carbocycles. The van der Waals surface area contributed by atoms with Gasteiger partial charge in [0.1, 0.15) is 17.0 Å². The Balaban J connectivity index is 1.19. The van der Waals surface area contributed by atoms with E-state index in [1.807, 2.05) is 6.07 Å². The molecule has 3 heterocycles. The Labute approximate surface area is 280 Å². The molecule has 0 aliphatic heterocycles. The zero-order chi connectivity index (χ0) is 32.1. The molecule has 0 fully saturated rings. The largest absolute Gasteiger partial charge is 0.455 e. The Kier molecular flexibility index (Phi) is 5.35. The van der Waals surface area contributed by atoms with E-state index in [9.17, 15) is 0 Å². The first-order chi connectivity index (χ1) is 24.3. The minimum atomic E-state index is 0.904. The van der Waals surface area contributed by atoms with Gasteiger partial charge >= 0.3 is 0 Å². The van der Waals surface area contributed by atoms with Crippen molar-refractivity contribution < 1.29 is 4.42 Å². The van der Waals surface area contributed by atoms with Gasteiger partial charge in [-0.25, -0.2) is 4.98 Å². The summed E-state index contributed by atoms with van der Waals surface area (Å²) in [4.78, 5) is 5.12. The molecule has 0 atom stereocenters. The summed E-state index contributed by atoms with van der Waals surface area (Å²) in [5.41, 5.74) is 9.50. The third-order valence-electron chi connectivity index (χ3n) is 10.1. The molecule has 0 bridgehead atoms. The van der Waals surface area contributed by atoms with E-state index in [1.54, 1.807) is 0 Å². The van der Waals surface area contributed by atoms with Crippen molar-refractivity contribution in [2.45, 2.75) is 0 Å². The SMILES string of the molecule is c1ccc(-n2c(-c3ccc(-n4c5ccc6oc7c8ccccc8ccc7c6c5c5ccc6ccccc6c54)cc3)nc3ccccc32)cc1. The van der Waals surface area contributed by atoms with Gasteiger partial charge in [0.05, 0.1) is 22.1 Å². The lowest BCUT2D eigenvalue weighted by Gasteiger charge is -2.12. The summed E-state index contributed by atoms with van der Waals surface area (Å²) in [6, 6.07) is 58.2. The average molecular weight is 626 g/mol. The Hall–Kier alpha value is -6.65. The fourth-order valence-electron chi connectivity index (χ4n) is 7.95. The highest BCUT2D eigenvalue weighted by atomic mass is 16.3. The van der Waals surface area contributed by atoms with Gasteiger partial charge in [0.2, 0.25) is 0 Å². The molecule has 49 heavy (non-hydrogen) atoms. The van der Waals surface area contributed by atoms with E-state index < -0.39 is 0 Å². The smallest absolute Gasteiger partial charge is 0.145 e. The molecule has 0 unspecified atom stereocenters. The minimum absolute atomic E-state index is 0.904. The predicted molar refractivity (Wildman–Crippen MR) is 203 cm³/mol. The predicted octanol–water partition coefficient (Wildman–Crippen LogP) is 12.0. The maximum Gasteiger partial charge on any atom is 0.145 e. The topological polar surface area (TPSA) is 35.9 Å². The van der Waals surface area contributed by atoms with Gasteiger partial charge in [-0.3, -0.25) is 4.57 Å². The number of hydrogen-bond donors (Lipinski definition) is 0. The molecule has 4 nitrogen and oxygen atoms in total. The van der Waals surface area contributed by atoms with Crippen LogP contribution < -0.4 is 0 Å². The van der Waals surface area contributed by atoms with Crippen molar-refractivity contribution in [3.8, 4) is 22.8 Å². The van der Waals surface area contributed by atoms with E-state index in [0.29, 0.717) is 0 Å². The Morgan fingerprint density at radius 3 is 1.94 bits per heavy atom. The molecular formula is C45H27N3O. The van der Waals surface area contributed by atoms with Crippen molar-refractivity contribution in [3.63, 3.8) is 0 Å². The molecule has 0 radical (unpaired) electrons. The van der Waals surface area contributed by atoms with Crippen molar-refractivity contribution in [1.29, 1.82) is 0 Å². The second-order valence-corrected chi connectivity index (χ2v) is 12.8. The highest BCUT2D eigenvalue weighted by molar-refractivity contribution is 6.31. The molecule has 0 N–H and O–H groups in total. The third kappa shape index (κ3) is 3.71. The first kappa shape index (κ1) is 26.4. The van der Waals surface area contributed by atoms with Crippen molar-refractivity contribution in [2.75, 3.05) is 0 Å². The van der Waals surface area contributed by atoms with Crippen LogP contribution in [-0.2, 0) is 0 Å². The number of para-hydroxylation sites is 3. The van der Waals surface area contributed by atoms with Crippen LogP contribution in [0.5, 0.6) is 0 Å². The van der Waals surface area contributed by atoms with Crippen LogP contribution >= 0.6 is 0 Å². The zero-order valence-electron chi connectivity index (χ0n) is 26.3. The van der Waals surface area contributed by atoms with Gasteiger partial charge in [-0.1, -0.05) is 97.1 Å². The van der Waals surface area contributed by atoms with Crippen LogP contribution in [0, 0.1) is 0 Å². The monoisotopic (exact) mass is 625 g/mol. The van der Waals surface area contributed by atoms with E-state index in [1.165, 1.54) is 32.4 Å². The maximum atomic E-state index is 6.64. The Bertz CT molecular complexity index is 3090. The molecule has 0 aliphatic carbocycles. The van der Waals surface area contributed by atoms with Crippen LogP contribution in [0.2, 0.25) is 0 Å². The summed E-state index contributed by atoms with van der Waals surface area (Å²) >= 11 is 0. The number of rotatable bonds is 3. The van der Waals surface area contributed by atoms with Crippen molar-refractivity contribution in [1.82, 2.24) is 14.1 Å². The van der Waals surface area contributed by atoms with Crippen LogP contribution in [0.15, 0.2) is 168 Å². The van der Waals surface area contributed by atoms with E-state index in [-0.39, 0.29) is 0 Å². The fraction of sp³-hybridized carbons (Fsp3) is 0. The number of benzene rings is 8. The summed E-state index contributed by atoms with van der Waals surface area (Å²) in [6.07, 6.45) is 0. The molecule has 228 valence electrons. The minimum Gasteiger partial charge on any atom is -0.455 e. The second kappa shape index (κ2) is 9.93. The van der Waals surface area contributed by atoms with Gasteiger partial charge in [0.25, 0.3) is 0 Å². The van der Waals surface area contributed by atoms with Crippen LogP contribution in [0.3, 0.4) is 0 Å². The standard InChI is InChI=1S/C45H27N3O/c1-2-12-31(13-3-1)48-38-17-9-8-16-37(38)46-45(48)30-18-22-32(23-19-30)47-39-26-27-40-42(36-25-21-29-11-5-7-15-34(29)44(36)49-40)41(39)35-24-20-28-10-4-6-14-33(28)43(35)47/h1-27H. The zero-order valence-corrected chi connectivity index (χ0v) is 26.3. The summed E-state index contributed by atoms with van der Waals surface area (Å²) in [5.74, 6) is 0.922. The van der Waals surface area contributed by atoms with E-state index in [4.69, 9.17) is 9.40 Å². The van der Waals surface area contributed by atoms with Gasteiger partial charge in [0, 0.05) is 49.3 Å². The van der Waals surface area contributed by atoms with Crippen LogP contribution in [-0.4, -0.2) is 14.1 Å². The number of imidazole rings is 1. The van der Waals surface area contributed by atoms with Crippen LogP contribution in [0.25, 0.3) is 99.1 Å². The molecule has 11 aromatic rings. The maximum absolute atomic E-state index is 6.64. The van der Waals surface area contributed by atoms with Crippen LogP contribution in [0.4, 0.5) is 0 Å². The number of furan rings is 1. The lowest BCUT2D eigenvalue weighted by Crippen LogP contribution is -1.98. The van der Waals surface area contributed by atoms with Gasteiger partial charge in [-0.2, -0.15) is 0 Å². The average Bonchev–Trinajstić information content (AvgIpc) is 3.85. The fourth-order valence-corrected chi connectivity index (χ4v) is 7.95. The van der Waals surface area contributed by atoms with Gasteiger partial charge in [-0.05, 0) is 77.5 Å². The van der Waals surface area contributed by atoms with Crippen molar-refractivity contribution in [3.05, 3.63) is 164 Å². The molecule has 0 spiro atoms. The van der Waals surface area contributed by atoms with Crippen molar-refractivity contribution >= 4 is 76.3 Å². The first-order valence-corrected chi connectivity index (χ1v) is 16.6. The van der Waals surface area contributed by atoms with E-state index in [0.717, 1.165) is 66.6 Å². The van der Waals surface area contributed by atoms with Gasteiger partial charge < -0.3 is 8.98 Å². The number of hydrogen-bond acceptors (Lipinski definition) is 2. The lowest BCUT2D eigenvalue weighted by atomic mass is 10.0. The second-order valence-electron chi connectivity index (χ2n) is 12.8. The van der Waals surface area contributed by atoms with E-state index in [2.05, 4.69) is 167 Å². The highest BCUT2D eigenvalue weighted by Crippen LogP contribution is 2.44. The third-order valence-corrected chi connectivity index (χ3v) is 10.1. The molecule has 0 saturated heterocycles. The summed E-state index contributed by atoms with van der Waals surface area (Å²) < 4.78 is 11.3. The molecule has 0 aliphatic rings. The summed E-state index contributed by atoms with van der Waals surface area (Å²) in [7, 11) is 0. The van der Waals surface area contributed by atoms with Crippen molar-refractivity contribution in [2.24, 2.45) is 0 Å². The first-order valence-electron chi connectivity index (χ1n) is 16.6. The molecule has 11 rings (SSSR count). The quantitative estimate of drug-likeness (QED) is 0.196. The lowest BCUT2D eigenvalue weighted by molar-refractivity contribution is 0.673. The molecule has 0 saturated carbocycles. The van der Waals surface area contributed by atoms with Gasteiger partial charge in [-0.15, -0.1) is 0 Å². The summed E-state index contributed by atoms with van der Waals surface area (Å²) in [6.45, 7) is 0.